The number of aromatic carboxylic acids is 3. The van der Waals surface area contributed by atoms with Gasteiger partial charge >= 0.3 is 35.8 Å². The molecule has 0 bridgehead atoms. The summed E-state index contributed by atoms with van der Waals surface area (Å²) < 4.78 is 14.5. The highest BCUT2D eigenvalue weighted by molar-refractivity contribution is 7.80. The summed E-state index contributed by atoms with van der Waals surface area (Å²) in [5.41, 5.74) is -7.70. The molecule has 0 aliphatic rings. The third-order valence-corrected chi connectivity index (χ3v) is 4.28. The highest BCUT2D eigenvalue weighted by Crippen LogP contribution is 2.32. The number of carboxylic acids is 3. The van der Waals surface area contributed by atoms with Gasteiger partial charge in [0.25, 0.3) is 0 Å². The van der Waals surface area contributed by atoms with Crippen molar-refractivity contribution in [1.82, 2.24) is 0 Å². The van der Waals surface area contributed by atoms with Gasteiger partial charge in [-0.25, -0.2) is 28.8 Å². The van der Waals surface area contributed by atoms with Gasteiger partial charge in [-0.1, -0.05) is 0 Å². The average molecular weight is 523 g/mol. The van der Waals surface area contributed by atoms with Crippen LogP contribution in [0.2, 0.25) is 0 Å². The molecule has 0 saturated heterocycles. The van der Waals surface area contributed by atoms with E-state index in [1.165, 1.54) is 0 Å². The van der Waals surface area contributed by atoms with Crippen LogP contribution in [0.5, 0.6) is 0 Å². The van der Waals surface area contributed by atoms with Crippen LogP contribution in [-0.2, 0) is 14.2 Å². The summed E-state index contributed by atoms with van der Waals surface area (Å²) in [5.74, 6) is -10.9. The van der Waals surface area contributed by atoms with Crippen LogP contribution < -0.4 is 0 Å². The summed E-state index contributed by atoms with van der Waals surface area (Å²) in [6.45, 7) is -1.17. The normalized spacial score (nSPS) is 10.3. The molecule has 0 spiro atoms. The van der Waals surface area contributed by atoms with Crippen molar-refractivity contribution in [3.8, 4) is 0 Å². The van der Waals surface area contributed by atoms with Crippen molar-refractivity contribution in [2.75, 3.05) is 37.1 Å². The predicted molar refractivity (Wildman–Crippen MR) is 120 cm³/mol. The van der Waals surface area contributed by atoms with Gasteiger partial charge in [0.1, 0.15) is 19.8 Å². The first-order valence-corrected chi connectivity index (χ1v) is 10.7. The van der Waals surface area contributed by atoms with E-state index >= 15 is 0 Å². The number of thiol groups is 3. The second kappa shape index (κ2) is 13.0. The molecule has 33 heavy (non-hydrogen) atoms. The van der Waals surface area contributed by atoms with E-state index < -0.39 is 82.4 Å². The third kappa shape index (κ3) is 6.55. The molecule has 3 N–H and O–H groups in total. The third-order valence-electron chi connectivity index (χ3n) is 3.73. The Balaban J connectivity index is 4.32. The molecular formula is C18H18O12S3. The van der Waals surface area contributed by atoms with Crippen molar-refractivity contribution in [2.45, 2.75) is 0 Å². The number of hydrogen-bond acceptors (Lipinski definition) is 12. The lowest BCUT2D eigenvalue weighted by atomic mass is 9.85. The standard InChI is InChI=1S/C18H18O12S3/c19-13(20)7-8(14(21)22)10(16(25)28-1-4-31)12(18(27)30-3-6-33)11(9(7)15(23)24)17(26)29-2-5-32/h31-33H,1-6H2,(H,19,20)(H,21,22)(H,23,24). The van der Waals surface area contributed by atoms with Gasteiger partial charge in [-0.05, 0) is 0 Å². The van der Waals surface area contributed by atoms with Crippen molar-refractivity contribution < 1.29 is 58.3 Å². The monoisotopic (exact) mass is 522 g/mol. The summed E-state index contributed by atoms with van der Waals surface area (Å²) in [6, 6.07) is 0. The molecule has 0 aromatic heterocycles. The van der Waals surface area contributed by atoms with Crippen molar-refractivity contribution in [3.05, 3.63) is 33.4 Å². The van der Waals surface area contributed by atoms with E-state index in [2.05, 4.69) is 37.9 Å². The molecule has 0 amide bonds. The zero-order valence-corrected chi connectivity index (χ0v) is 19.3. The van der Waals surface area contributed by atoms with E-state index in [0.717, 1.165) is 0 Å². The lowest BCUT2D eigenvalue weighted by Gasteiger charge is -2.19. The van der Waals surface area contributed by atoms with Gasteiger partial charge in [0.05, 0.1) is 33.4 Å². The fourth-order valence-corrected chi connectivity index (χ4v) is 2.91. The molecular weight excluding hydrogens is 504 g/mol. The molecule has 12 nitrogen and oxygen atoms in total. The van der Waals surface area contributed by atoms with E-state index in [9.17, 15) is 44.1 Å². The van der Waals surface area contributed by atoms with Crippen LogP contribution in [-0.4, -0.2) is 88.2 Å². The summed E-state index contributed by atoms with van der Waals surface area (Å²) >= 11 is 11.5. The Morgan fingerprint density at radius 2 is 0.697 bits per heavy atom. The Bertz CT molecular complexity index is 929. The maximum Gasteiger partial charge on any atom is 0.339 e. The molecule has 1 rings (SSSR count). The lowest BCUT2D eigenvalue weighted by Crippen LogP contribution is -2.30. The second-order valence-electron chi connectivity index (χ2n) is 5.74. The molecule has 1 aromatic carbocycles. The zero-order chi connectivity index (χ0) is 25.3. The largest absolute Gasteiger partial charge is 0.478 e. The van der Waals surface area contributed by atoms with Crippen molar-refractivity contribution in [1.29, 1.82) is 0 Å². The molecule has 0 aliphatic carbocycles. The van der Waals surface area contributed by atoms with E-state index in [4.69, 9.17) is 14.2 Å². The number of carboxylic acid groups (broad SMARTS) is 3. The van der Waals surface area contributed by atoms with Crippen molar-refractivity contribution in [2.24, 2.45) is 0 Å². The van der Waals surface area contributed by atoms with Gasteiger partial charge in [0, 0.05) is 17.3 Å². The van der Waals surface area contributed by atoms with Gasteiger partial charge in [0.15, 0.2) is 0 Å². The number of carbonyl (C=O) groups excluding carboxylic acids is 3. The van der Waals surface area contributed by atoms with Crippen LogP contribution >= 0.6 is 37.9 Å². The smallest absolute Gasteiger partial charge is 0.339 e. The molecule has 0 unspecified atom stereocenters. The van der Waals surface area contributed by atoms with Crippen LogP contribution in [0.15, 0.2) is 0 Å². The quantitative estimate of drug-likeness (QED) is 0.130. The first-order valence-electron chi connectivity index (χ1n) is 8.82. The SMILES string of the molecule is O=C(O)c1c(C(=O)O)c(C(=O)OCCS)c(C(=O)OCCS)c(C(=O)OCCS)c1C(=O)O. The van der Waals surface area contributed by atoms with E-state index in [1.807, 2.05) is 0 Å². The molecule has 180 valence electrons. The van der Waals surface area contributed by atoms with Gasteiger partial charge in [0.2, 0.25) is 0 Å². The highest BCUT2D eigenvalue weighted by Gasteiger charge is 2.42. The van der Waals surface area contributed by atoms with Crippen molar-refractivity contribution in [3.63, 3.8) is 0 Å². The fourth-order valence-electron chi connectivity index (χ4n) is 2.64. The topological polar surface area (TPSA) is 191 Å². The minimum absolute atomic E-state index is 0.0324. The van der Waals surface area contributed by atoms with Crippen LogP contribution in [0.3, 0.4) is 0 Å². The first kappa shape index (κ1) is 28.1. The molecule has 0 fully saturated rings. The number of hydrogen-bond donors (Lipinski definition) is 6. The van der Waals surface area contributed by atoms with Crippen LogP contribution in [0.1, 0.15) is 62.1 Å². The summed E-state index contributed by atoms with van der Waals surface area (Å²) in [4.78, 5) is 74.1. The Kier molecular flexibility index (Phi) is 11.0. The fraction of sp³-hybridized carbons (Fsp3) is 0.333. The number of rotatable bonds is 12. The molecule has 0 atom stereocenters. The van der Waals surface area contributed by atoms with E-state index in [-0.39, 0.29) is 23.9 Å². The van der Waals surface area contributed by atoms with Crippen LogP contribution in [0.25, 0.3) is 0 Å². The zero-order valence-electron chi connectivity index (χ0n) is 16.6. The molecule has 0 saturated carbocycles. The molecule has 0 aliphatic heterocycles. The Hall–Kier alpha value is -2.91. The van der Waals surface area contributed by atoms with Gasteiger partial charge in [-0.2, -0.15) is 37.9 Å². The minimum atomic E-state index is -2.11. The average Bonchev–Trinajstić information content (AvgIpc) is 2.76. The predicted octanol–water partition coefficient (Wildman–Crippen LogP) is 1.04. The van der Waals surface area contributed by atoms with Crippen LogP contribution in [0.4, 0.5) is 0 Å². The molecule has 0 heterocycles. The second-order valence-corrected chi connectivity index (χ2v) is 7.09. The van der Waals surface area contributed by atoms with Gasteiger partial charge < -0.3 is 29.5 Å². The van der Waals surface area contributed by atoms with Crippen LogP contribution in [0, 0.1) is 0 Å². The minimum Gasteiger partial charge on any atom is -0.478 e. The van der Waals surface area contributed by atoms with Gasteiger partial charge in [-0.15, -0.1) is 0 Å². The lowest BCUT2D eigenvalue weighted by molar-refractivity contribution is 0.0452. The van der Waals surface area contributed by atoms with E-state index in [1.54, 1.807) is 0 Å². The molecule has 15 heteroatoms. The summed E-state index contributed by atoms with van der Waals surface area (Å²) in [5, 5.41) is 28.9. The number of ether oxygens (including phenoxy) is 3. The number of esters is 3. The maximum absolute atomic E-state index is 12.8. The number of carbonyl (C=O) groups is 6. The Morgan fingerprint density at radius 1 is 0.485 bits per heavy atom. The number of benzene rings is 1. The first-order chi connectivity index (χ1) is 15.5. The molecule has 1 aromatic rings. The summed E-state index contributed by atoms with van der Waals surface area (Å²) in [6.07, 6.45) is 0. The summed E-state index contributed by atoms with van der Waals surface area (Å²) in [7, 11) is 0. The maximum atomic E-state index is 12.8. The van der Waals surface area contributed by atoms with Crippen molar-refractivity contribution >= 4 is 73.7 Å². The Labute approximate surface area is 202 Å². The Morgan fingerprint density at radius 3 is 0.909 bits per heavy atom. The highest BCUT2D eigenvalue weighted by atomic mass is 32.1. The van der Waals surface area contributed by atoms with E-state index in [0.29, 0.717) is 0 Å². The molecule has 0 radical (unpaired) electrons. The van der Waals surface area contributed by atoms with Gasteiger partial charge in [-0.3, -0.25) is 0 Å².